The van der Waals surface area contributed by atoms with E-state index in [0.717, 1.165) is 17.9 Å². The molecule has 1 fully saturated rings. The smallest absolute Gasteiger partial charge is 0.170 e. The molecule has 0 bridgehead atoms. The molecule has 0 amide bonds. The average Bonchev–Trinajstić information content (AvgIpc) is 3.54. The van der Waals surface area contributed by atoms with Gasteiger partial charge in [0.1, 0.15) is 5.76 Å². The minimum Gasteiger partial charge on any atom is -0.467 e. The molecular weight excluding hydrogens is 440 g/mol. The van der Waals surface area contributed by atoms with Gasteiger partial charge in [-0.1, -0.05) is 31.2 Å². The predicted molar refractivity (Wildman–Crippen MR) is 139 cm³/mol. The van der Waals surface area contributed by atoms with Crippen LogP contribution in [0.1, 0.15) is 58.5 Å². The van der Waals surface area contributed by atoms with E-state index >= 15 is 0 Å². The van der Waals surface area contributed by atoms with Crippen LogP contribution in [0.15, 0.2) is 71.5 Å². The lowest BCUT2D eigenvalue weighted by molar-refractivity contribution is 0.286. The first-order valence-electron chi connectivity index (χ1n) is 11.8. The number of benzene rings is 1. The summed E-state index contributed by atoms with van der Waals surface area (Å²) in [6.07, 6.45) is 4.54. The average molecular weight is 471 g/mol. The number of rotatable bonds is 6. The molecule has 1 N–H and O–H groups in total. The zero-order valence-electron chi connectivity index (χ0n) is 20.1. The molecule has 0 aliphatic carbocycles. The number of hydrogen-bond donors (Lipinski definition) is 1. The summed E-state index contributed by atoms with van der Waals surface area (Å²) in [5.74, 6) is 0.886. The molecule has 34 heavy (non-hydrogen) atoms. The van der Waals surface area contributed by atoms with Crippen molar-refractivity contribution in [2.75, 3.05) is 0 Å². The van der Waals surface area contributed by atoms with E-state index in [-0.39, 0.29) is 12.1 Å². The van der Waals surface area contributed by atoms with E-state index in [9.17, 15) is 0 Å². The number of aryl methyl sites for hydroxylation is 3. The molecule has 4 heterocycles. The van der Waals surface area contributed by atoms with E-state index < -0.39 is 0 Å². The monoisotopic (exact) mass is 470 g/mol. The van der Waals surface area contributed by atoms with Crippen LogP contribution in [-0.2, 0) is 13.0 Å². The molecule has 5 rings (SSSR count). The van der Waals surface area contributed by atoms with Crippen LogP contribution < -0.4 is 5.32 Å². The van der Waals surface area contributed by atoms with Crippen molar-refractivity contribution in [2.24, 2.45) is 0 Å². The Hall–Kier alpha value is -3.38. The van der Waals surface area contributed by atoms with Crippen molar-refractivity contribution < 1.29 is 4.42 Å². The quantitative estimate of drug-likeness (QED) is 0.344. The summed E-state index contributed by atoms with van der Waals surface area (Å²) in [4.78, 5) is 6.92. The Labute approximate surface area is 206 Å². The first-order valence-corrected chi connectivity index (χ1v) is 12.2. The molecule has 6 heteroatoms. The number of hydrogen-bond acceptors (Lipinski definition) is 3. The fourth-order valence-electron chi connectivity index (χ4n) is 5.24. The van der Waals surface area contributed by atoms with Gasteiger partial charge in [-0.15, -0.1) is 0 Å². The highest BCUT2D eigenvalue weighted by atomic mass is 32.1. The highest BCUT2D eigenvalue weighted by Gasteiger charge is 2.41. The maximum atomic E-state index is 5.84. The second kappa shape index (κ2) is 9.11. The molecule has 1 aromatic carbocycles. The van der Waals surface area contributed by atoms with Crippen LogP contribution in [0.5, 0.6) is 0 Å². The van der Waals surface area contributed by atoms with Gasteiger partial charge in [0.15, 0.2) is 5.11 Å². The van der Waals surface area contributed by atoms with Crippen molar-refractivity contribution in [3.8, 4) is 5.69 Å². The van der Waals surface area contributed by atoms with Gasteiger partial charge in [0.2, 0.25) is 0 Å². The minimum atomic E-state index is -0.0554. The van der Waals surface area contributed by atoms with Crippen LogP contribution >= 0.6 is 12.2 Å². The first-order chi connectivity index (χ1) is 16.5. The largest absolute Gasteiger partial charge is 0.467 e. The second-order valence-electron chi connectivity index (χ2n) is 8.93. The summed E-state index contributed by atoms with van der Waals surface area (Å²) < 4.78 is 8.10. The topological polar surface area (TPSA) is 46.2 Å². The number of nitrogens with zero attached hydrogens (tertiary/aromatic N) is 3. The number of pyridine rings is 1. The van der Waals surface area contributed by atoms with Crippen molar-refractivity contribution in [2.45, 2.75) is 52.7 Å². The van der Waals surface area contributed by atoms with Crippen LogP contribution in [0.25, 0.3) is 5.69 Å². The molecule has 0 radical (unpaired) electrons. The van der Waals surface area contributed by atoms with E-state index in [1.807, 2.05) is 30.5 Å². The van der Waals surface area contributed by atoms with Gasteiger partial charge in [-0.3, -0.25) is 4.98 Å². The van der Waals surface area contributed by atoms with Crippen molar-refractivity contribution in [1.82, 2.24) is 19.8 Å². The Morgan fingerprint density at radius 3 is 2.62 bits per heavy atom. The minimum absolute atomic E-state index is 0.0125. The summed E-state index contributed by atoms with van der Waals surface area (Å²) >= 11 is 5.84. The molecule has 2 atom stereocenters. The van der Waals surface area contributed by atoms with E-state index in [0.29, 0.717) is 11.7 Å². The summed E-state index contributed by atoms with van der Waals surface area (Å²) in [6.45, 7) is 9.42. The van der Waals surface area contributed by atoms with Crippen LogP contribution in [0.3, 0.4) is 0 Å². The standard InChI is InChI=1S/C28H30N4OS/c1-5-21-11-8-10-18(2)26(21)32-19(3)16-23(20(32)4)27-25(24-13-6-7-14-29-24)30-28(34)31(27)17-22-12-9-15-33-22/h6-16,25,27H,5,17H2,1-4H3,(H,30,34)/t25-,27-/m0/s1. The van der Waals surface area contributed by atoms with Crippen molar-refractivity contribution in [3.05, 3.63) is 107 Å². The highest BCUT2D eigenvalue weighted by Crippen LogP contribution is 2.42. The zero-order chi connectivity index (χ0) is 23.8. The zero-order valence-corrected chi connectivity index (χ0v) is 20.9. The molecule has 3 aromatic heterocycles. The Morgan fingerprint density at radius 1 is 1.06 bits per heavy atom. The number of para-hydroxylation sites is 1. The Bertz CT molecular complexity index is 1310. The number of furan rings is 1. The molecule has 5 nitrogen and oxygen atoms in total. The van der Waals surface area contributed by atoms with Gasteiger partial charge >= 0.3 is 0 Å². The Morgan fingerprint density at radius 2 is 1.91 bits per heavy atom. The fourth-order valence-corrected chi connectivity index (χ4v) is 5.55. The molecule has 4 aromatic rings. The predicted octanol–water partition coefficient (Wildman–Crippen LogP) is 6.13. The van der Waals surface area contributed by atoms with Crippen LogP contribution in [0.2, 0.25) is 0 Å². The normalized spacial score (nSPS) is 17.9. The molecular formula is C28H30N4OS. The first kappa shape index (κ1) is 22.4. The van der Waals surface area contributed by atoms with Gasteiger partial charge in [0.25, 0.3) is 0 Å². The Kier molecular flexibility index (Phi) is 6.00. The summed E-state index contributed by atoms with van der Waals surface area (Å²) in [7, 11) is 0. The molecule has 0 unspecified atom stereocenters. The second-order valence-corrected chi connectivity index (χ2v) is 9.32. The van der Waals surface area contributed by atoms with Gasteiger partial charge in [0.05, 0.1) is 36.3 Å². The van der Waals surface area contributed by atoms with E-state index in [2.05, 4.69) is 77.8 Å². The van der Waals surface area contributed by atoms with Crippen LogP contribution in [0, 0.1) is 20.8 Å². The van der Waals surface area contributed by atoms with Gasteiger partial charge in [-0.05, 0) is 86.4 Å². The Balaban J connectivity index is 1.66. The van der Waals surface area contributed by atoms with Gasteiger partial charge in [0, 0.05) is 17.6 Å². The summed E-state index contributed by atoms with van der Waals surface area (Å²) in [5, 5.41) is 4.27. The molecule has 1 saturated heterocycles. The maximum Gasteiger partial charge on any atom is 0.170 e. The molecule has 174 valence electrons. The van der Waals surface area contributed by atoms with Gasteiger partial charge in [-0.25, -0.2) is 0 Å². The van der Waals surface area contributed by atoms with Crippen molar-refractivity contribution in [1.29, 1.82) is 0 Å². The van der Waals surface area contributed by atoms with E-state index in [1.165, 1.54) is 33.8 Å². The van der Waals surface area contributed by atoms with Gasteiger partial charge < -0.3 is 19.2 Å². The molecule has 1 aliphatic rings. The summed E-state index contributed by atoms with van der Waals surface area (Å²) in [5.41, 5.74) is 8.58. The van der Waals surface area contributed by atoms with Crippen molar-refractivity contribution >= 4 is 17.3 Å². The number of thiocarbonyl (C=S) groups is 1. The van der Waals surface area contributed by atoms with E-state index in [1.54, 1.807) is 6.26 Å². The maximum absolute atomic E-state index is 5.84. The third-order valence-corrected chi connectivity index (χ3v) is 7.17. The lowest BCUT2D eigenvalue weighted by atomic mass is 9.96. The third-order valence-electron chi connectivity index (χ3n) is 6.82. The molecule has 1 aliphatic heterocycles. The fraction of sp³-hybridized carbons (Fsp3) is 0.286. The lowest BCUT2D eigenvalue weighted by Gasteiger charge is -2.27. The van der Waals surface area contributed by atoms with E-state index in [4.69, 9.17) is 16.6 Å². The molecule has 0 spiro atoms. The van der Waals surface area contributed by atoms with Gasteiger partial charge in [-0.2, -0.15) is 0 Å². The summed E-state index contributed by atoms with van der Waals surface area (Å²) in [6, 6.07) is 18.8. The lowest BCUT2D eigenvalue weighted by Crippen LogP contribution is -2.29. The van der Waals surface area contributed by atoms with Crippen molar-refractivity contribution in [3.63, 3.8) is 0 Å². The molecule has 0 saturated carbocycles. The highest BCUT2D eigenvalue weighted by molar-refractivity contribution is 7.80. The van der Waals surface area contributed by atoms with Crippen LogP contribution in [-0.4, -0.2) is 19.6 Å². The number of nitrogens with one attached hydrogen (secondary N) is 1. The number of aromatic nitrogens is 2. The SMILES string of the molecule is CCc1cccc(C)c1-n1c(C)cc([C@H]2[C@H](c3ccccn3)NC(=S)N2Cc2ccco2)c1C. The van der Waals surface area contributed by atoms with Crippen LogP contribution in [0.4, 0.5) is 0 Å². The third kappa shape index (κ3) is 3.82.